The van der Waals surface area contributed by atoms with Crippen molar-refractivity contribution in [3.8, 4) is 5.75 Å². The van der Waals surface area contributed by atoms with Gasteiger partial charge in [0, 0.05) is 12.6 Å². The highest BCUT2D eigenvalue weighted by atomic mass is 16.5. The maximum atomic E-state index is 11.8. The molecule has 0 N–H and O–H groups in total. The van der Waals surface area contributed by atoms with Crippen molar-refractivity contribution in [3.63, 3.8) is 0 Å². The second kappa shape index (κ2) is 6.54. The van der Waals surface area contributed by atoms with Crippen molar-refractivity contribution < 1.29 is 14.3 Å². The summed E-state index contributed by atoms with van der Waals surface area (Å²) in [4.78, 5) is 22.6. The van der Waals surface area contributed by atoms with E-state index in [4.69, 9.17) is 4.74 Å². The topological polar surface area (TPSA) is 48.3 Å². The number of carbonyl (C=O) groups excluding carboxylic acids is 2. The molecule has 2 aromatic rings. The molecule has 0 amide bonds. The Kier molecular flexibility index (Phi) is 4.50. The van der Waals surface area contributed by atoms with Crippen molar-refractivity contribution in [2.45, 2.75) is 12.8 Å². The minimum Gasteiger partial charge on any atom is -0.494 e. The molecule has 1 aromatic carbocycles. The van der Waals surface area contributed by atoms with Crippen LogP contribution in [0.4, 0.5) is 0 Å². The van der Waals surface area contributed by atoms with E-state index in [1.807, 2.05) is 30.3 Å². The lowest BCUT2D eigenvalue weighted by molar-refractivity contribution is 0.0883. The summed E-state index contributed by atoms with van der Waals surface area (Å²) < 4.78 is 6.87. The third-order valence-electron chi connectivity index (χ3n) is 2.72. The van der Waals surface area contributed by atoms with Crippen LogP contribution in [-0.4, -0.2) is 23.4 Å². The molecule has 0 aliphatic heterocycles. The van der Waals surface area contributed by atoms with Gasteiger partial charge in [0.15, 0.2) is 6.29 Å². The number of hydrogen-bond acceptors (Lipinski definition) is 3. The second-order valence-corrected chi connectivity index (χ2v) is 4.08. The molecular weight excluding hydrogens is 242 g/mol. The van der Waals surface area contributed by atoms with Crippen LogP contribution in [0.25, 0.3) is 0 Å². The lowest BCUT2D eigenvalue weighted by Gasteiger charge is -2.06. The standard InChI is InChI=1S/C15H15NO3/c17-12-13-6-4-10-16(13)15(18)9-5-11-19-14-7-2-1-3-8-14/h1-4,6-8,10,12H,5,9,11H2. The monoisotopic (exact) mass is 257 g/mol. The largest absolute Gasteiger partial charge is 0.494 e. The first kappa shape index (κ1) is 13.1. The quantitative estimate of drug-likeness (QED) is 0.590. The van der Waals surface area contributed by atoms with Gasteiger partial charge in [-0.25, -0.2) is 0 Å². The van der Waals surface area contributed by atoms with E-state index < -0.39 is 0 Å². The van der Waals surface area contributed by atoms with Crippen molar-refractivity contribution in [3.05, 3.63) is 54.4 Å². The molecule has 4 nitrogen and oxygen atoms in total. The Bertz CT molecular complexity index is 546. The van der Waals surface area contributed by atoms with E-state index in [-0.39, 0.29) is 5.91 Å². The average Bonchev–Trinajstić information content (AvgIpc) is 2.93. The minimum atomic E-state index is -0.0937. The normalized spacial score (nSPS) is 10.1. The van der Waals surface area contributed by atoms with E-state index in [9.17, 15) is 9.59 Å². The molecule has 0 aliphatic rings. The molecule has 1 aromatic heterocycles. The number of benzene rings is 1. The first-order valence-electron chi connectivity index (χ1n) is 6.15. The maximum absolute atomic E-state index is 11.8. The molecule has 0 atom stereocenters. The first-order chi connectivity index (χ1) is 9.31. The molecule has 2 rings (SSSR count). The zero-order valence-corrected chi connectivity index (χ0v) is 10.5. The fourth-order valence-corrected chi connectivity index (χ4v) is 1.77. The molecule has 0 spiro atoms. The smallest absolute Gasteiger partial charge is 0.231 e. The summed E-state index contributed by atoms with van der Waals surface area (Å²) in [6, 6.07) is 12.8. The van der Waals surface area contributed by atoms with Crippen molar-refractivity contribution in [2.75, 3.05) is 6.61 Å². The number of para-hydroxylation sites is 1. The predicted molar refractivity (Wildman–Crippen MR) is 71.6 cm³/mol. The summed E-state index contributed by atoms with van der Waals surface area (Å²) in [6.07, 6.45) is 3.25. The molecule has 0 radical (unpaired) electrons. The molecule has 19 heavy (non-hydrogen) atoms. The van der Waals surface area contributed by atoms with E-state index in [0.29, 0.717) is 31.4 Å². The second-order valence-electron chi connectivity index (χ2n) is 4.08. The van der Waals surface area contributed by atoms with E-state index >= 15 is 0 Å². The number of ether oxygens (including phenoxy) is 1. The molecule has 4 heteroatoms. The van der Waals surface area contributed by atoms with E-state index in [0.717, 1.165) is 5.75 Å². The van der Waals surface area contributed by atoms with Gasteiger partial charge in [0.05, 0.1) is 12.3 Å². The molecule has 0 unspecified atom stereocenters. The summed E-state index contributed by atoms with van der Waals surface area (Å²) >= 11 is 0. The van der Waals surface area contributed by atoms with Crippen LogP contribution >= 0.6 is 0 Å². The first-order valence-corrected chi connectivity index (χ1v) is 6.15. The van der Waals surface area contributed by atoms with E-state index in [1.165, 1.54) is 4.57 Å². The molecule has 0 saturated heterocycles. The summed E-state index contributed by atoms with van der Waals surface area (Å²) in [6.45, 7) is 0.480. The van der Waals surface area contributed by atoms with Gasteiger partial charge in [-0.15, -0.1) is 0 Å². The fourth-order valence-electron chi connectivity index (χ4n) is 1.77. The van der Waals surface area contributed by atoms with Gasteiger partial charge < -0.3 is 4.74 Å². The van der Waals surface area contributed by atoms with Crippen molar-refractivity contribution in [1.29, 1.82) is 0 Å². The number of aldehydes is 1. The summed E-state index contributed by atoms with van der Waals surface area (Å²) in [7, 11) is 0. The van der Waals surface area contributed by atoms with E-state index in [2.05, 4.69) is 0 Å². The van der Waals surface area contributed by atoms with Crippen molar-refractivity contribution >= 4 is 12.2 Å². The molecule has 1 heterocycles. The Balaban J connectivity index is 1.77. The predicted octanol–water partition coefficient (Wildman–Crippen LogP) is 2.80. The molecule has 98 valence electrons. The van der Waals surface area contributed by atoms with Crippen LogP contribution in [0.1, 0.15) is 28.1 Å². The Morgan fingerprint density at radius 2 is 1.95 bits per heavy atom. The number of hydrogen-bond donors (Lipinski definition) is 0. The van der Waals surface area contributed by atoms with Gasteiger partial charge >= 0.3 is 0 Å². The molecule has 0 fully saturated rings. The van der Waals surface area contributed by atoms with Gasteiger partial charge in [-0.3, -0.25) is 14.2 Å². The minimum absolute atomic E-state index is 0.0937. The lowest BCUT2D eigenvalue weighted by atomic mass is 10.3. The highest BCUT2D eigenvalue weighted by molar-refractivity contribution is 5.86. The zero-order chi connectivity index (χ0) is 13.5. The van der Waals surface area contributed by atoms with Crippen molar-refractivity contribution in [2.24, 2.45) is 0 Å². The van der Waals surface area contributed by atoms with Crippen LogP contribution in [0.15, 0.2) is 48.7 Å². The summed E-state index contributed by atoms with van der Waals surface area (Å²) in [5, 5.41) is 0. The fraction of sp³-hybridized carbons (Fsp3) is 0.200. The number of nitrogens with zero attached hydrogens (tertiary/aromatic N) is 1. The molecule has 0 aliphatic carbocycles. The highest BCUT2D eigenvalue weighted by Crippen LogP contribution is 2.09. The van der Waals surface area contributed by atoms with Gasteiger partial charge in [0.2, 0.25) is 5.91 Å². The van der Waals surface area contributed by atoms with Gasteiger partial charge in [0.1, 0.15) is 5.75 Å². The highest BCUT2D eigenvalue weighted by Gasteiger charge is 2.08. The van der Waals surface area contributed by atoms with Crippen molar-refractivity contribution in [1.82, 2.24) is 4.57 Å². The summed E-state index contributed by atoms with van der Waals surface area (Å²) in [5.41, 5.74) is 0.383. The number of aromatic nitrogens is 1. The van der Waals surface area contributed by atoms with Gasteiger partial charge in [0.25, 0.3) is 0 Å². The average molecular weight is 257 g/mol. The number of carbonyl (C=O) groups is 2. The molecular formula is C15H15NO3. The third-order valence-corrected chi connectivity index (χ3v) is 2.72. The van der Waals surface area contributed by atoms with E-state index in [1.54, 1.807) is 18.3 Å². The Labute approximate surface area is 111 Å². The van der Waals surface area contributed by atoms with Gasteiger partial charge in [-0.1, -0.05) is 18.2 Å². The molecule has 0 bridgehead atoms. The maximum Gasteiger partial charge on any atom is 0.231 e. The van der Waals surface area contributed by atoms with Crippen LogP contribution in [0, 0.1) is 0 Å². The van der Waals surface area contributed by atoms with Crippen LogP contribution in [0.2, 0.25) is 0 Å². The third kappa shape index (κ3) is 3.55. The Hall–Kier alpha value is -2.36. The summed E-state index contributed by atoms with van der Waals surface area (Å²) in [5.74, 6) is 0.702. The number of rotatable bonds is 6. The van der Waals surface area contributed by atoms with Crippen LogP contribution in [-0.2, 0) is 0 Å². The Morgan fingerprint density at radius 3 is 2.68 bits per heavy atom. The SMILES string of the molecule is O=Cc1cccn1C(=O)CCCOc1ccccc1. The zero-order valence-electron chi connectivity index (χ0n) is 10.5. The van der Waals surface area contributed by atoms with Gasteiger partial charge in [-0.05, 0) is 30.7 Å². The van der Waals surface area contributed by atoms with Crippen LogP contribution in [0.3, 0.4) is 0 Å². The van der Waals surface area contributed by atoms with Gasteiger partial charge in [-0.2, -0.15) is 0 Å². The van der Waals surface area contributed by atoms with Crippen LogP contribution in [0.5, 0.6) is 5.75 Å². The molecule has 0 saturated carbocycles. The van der Waals surface area contributed by atoms with Crippen LogP contribution < -0.4 is 4.74 Å². The Morgan fingerprint density at radius 1 is 1.16 bits per heavy atom. The lowest BCUT2D eigenvalue weighted by Crippen LogP contribution is -2.13.